The minimum atomic E-state index is -0.380. The molecule has 1 saturated carbocycles. The van der Waals surface area contributed by atoms with Gasteiger partial charge in [0, 0.05) is 37.9 Å². The molecule has 0 aliphatic heterocycles. The number of aromatic nitrogens is 1. The van der Waals surface area contributed by atoms with E-state index in [1.807, 2.05) is 48.7 Å². The zero-order valence-corrected chi connectivity index (χ0v) is 17.5. The molecule has 1 aromatic rings. The highest BCUT2D eigenvalue weighted by Crippen LogP contribution is 2.28. The molecule has 0 radical (unpaired) electrons. The van der Waals surface area contributed by atoms with Gasteiger partial charge in [0.2, 0.25) is 11.8 Å². The molecule has 0 unspecified atom stereocenters. The molecule has 7 heteroatoms. The number of amides is 2. The van der Waals surface area contributed by atoms with E-state index in [4.69, 9.17) is 4.74 Å². The summed E-state index contributed by atoms with van der Waals surface area (Å²) in [5, 5.41) is 0. The quantitative estimate of drug-likeness (QED) is 0.543. The Bertz CT molecular complexity index is 679. The zero-order chi connectivity index (χ0) is 20.7. The van der Waals surface area contributed by atoms with Crippen LogP contribution in [0.1, 0.15) is 52.1 Å². The van der Waals surface area contributed by atoms with E-state index < -0.39 is 0 Å². The van der Waals surface area contributed by atoms with Crippen LogP contribution in [0, 0.1) is 5.92 Å². The van der Waals surface area contributed by atoms with Crippen molar-refractivity contribution in [3.8, 4) is 0 Å². The van der Waals surface area contributed by atoms with Gasteiger partial charge >= 0.3 is 5.97 Å². The highest BCUT2D eigenvalue weighted by molar-refractivity contribution is 5.86. The van der Waals surface area contributed by atoms with Gasteiger partial charge in [-0.15, -0.1) is 0 Å². The summed E-state index contributed by atoms with van der Waals surface area (Å²) in [4.78, 5) is 40.7. The van der Waals surface area contributed by atoms with Gasteiger partial charge in [0.05, 0.1) is 26.1 Å². The van der Waals surface area contributed by atoms with Crippen LogP contribution in [0.3, 0.4) is 0 Å². The lowest BCUT2D eigenvalue weighted by molar-refractivity contribution is -0.146. The molecule has 0 spiro atoms. The van der Waals surface area contributed by atoms with Crippen molar-refractivity contribution < 1.29 is 19.1 Å². The molecule has 0 saturated heterocycles. The van der Waals surface area contributed by atoms with E-state index in [1.54, 1.807) is 11.8 Å². The average Bonchev–Trinajstić information content (AvgIpc) is 3.39. The Kier molecular flexibility index (Phi) is 8.08. The van der Waals surface area contributed by atoms with Gasteiger partial charge in [0.15, 0.2) is 0 Å². The molecule has 0 N–H and O–H groups in total. The minimum Gasteiger partial charge on any atom is -0.466 e. The summed E-state index contributed by atoms with van der Waals surface area (Å²) in [6.45, 7) is 7.17. The van der Waals surface area contributed by atoms with Crippen molar-refractivity contribution in [1.82, 2.24) is 14.4 Å². The minimum absolute atomic E-state index is 0.0335. The monoisotopic (exact) mass is 391 g/mol. The van der Waals surface area contributed by atoms with Crippen LogP contribution in [0.4, 0.5) is 0 Å². The van der Waals surface area contributed by atoms with Crippen LogP contribution in [0.25, 0.3) is 0 Å². The van der Waals surface area contributed by atoms with Gasteiger partial charge in [-0.2, -0.15) is 0 Å². The molecule has 0 atom stereocenters. The normalized spacial score (nSPS) is 13.5. The molecule has 1 aromatic heterocycles. The third-order valence-electron chi connectivity index (χ3n) is 4.80. The second-order valence-corrected chi connectivity index (χ2v) is 7.84. The summed E-state index contributed by atoms with van der Waals surface area (Å²) < 4.78 is 6.91. The predicted octanol–water partition coefficient (Wildman–Crippen LogP) is 2.34. The Morgan fingerprint density at radius 3 is 2.46 bits per heavy atom. The molecule has 1 heterocycles. The van der Waals surface area contributed by atoms with E-state index in [9.17, 15) is 14.4 Å². The second-order valence-electron chi connectivity index (χ2n) is 7.84. The molecule has 1 aliphatic carbocycles. The Labute approximate surface area is 167 Å². The number of rotatable bonds is 11. The number of hydrogen-bond acceptors (Lipinski definition) is 4. The fourth-order valence-corrected chi connectivity index (χ4v) is 3.19. The zero-order valence-electron chi connectivity index (χ0n) is 17.5. The Morgan fingerprint density at radius 1 is 1.21 bits per heavy atom. The molecule has 0 bridgehead atoms. The van der Waals surface area contributed by atoms with Crippen molar-refractivity contribution in [3.05, 3.63) is 24.0 Å². The summed E-state index contributed by atoms with van der Waals surface area (Å²) in [5.74, 6) is -0.352. The molecular weight excluding hydrogens is 358 g/mol. The first kappa shape index (κ1) is 22.0. The molecule has 2 rings (SSSR count). The van der Waals surface area contributed by atoms with E-state index in [2.05, 4.69) is 0 Å². The van der Waals surface area contributed by atoms with Crippen LogP contribution in [-0.4, -0.2) is 57.9 Å². The molecule has 7 nitrogen and oxygen atoms in total. The van der Waals surface area contributed by atoms with Gasteiger partial charge < -0.3 is 19.1 Å². The average molecular weight is 392 g/mol. The maximum Gasteiger partial charge on any atom is 0.306 e. The lowest BCUT2D eigenvalue weighted by Gasteiger charge is -2.29. The SMILES string of the molecule is CCOC(=O)CCC(=O)N(CC(=O)N(Cc1cccn1C)C1CC1)CC(C)C. The number of ether oxygens (including phenoxy) is 1. The molecule has 0 aromatic carbocycles. The first-order valence-corrected chi connectivity index (χ1v) is 10.1. The van der Waals surface area contributed by atoms with Crippen LogP contribution in [0.15, 0.2) is 18.3 Å². The van der Waals surface area contributed by atoms with E-state index in [0.717, 1.165) is 18.5 Å². The van der Waals surface area contributed by atoms with Gasteiger partial charge in [-0.3, -0.25) is 14.4 Å². The summed E-state index contributed by atoms with van der Waals surface area (Å²) >= 11 is 0. The topological polar surface area (TPSA) is 71.8 Å². The van der Waals surface area contributed by atoms with Gasteiger partial charge in [-0.1, -0.05) is 13.8 Å². The van der Waals surface area contributed by atoms with Crippen LogP contribution in [-0.2, 0) is 32.7 Å². The van der Waals surface area contributed by atoms with Crippen molar-refractivity contribution in [3.63, 3.8) is 0 Å². The lowest BCUT2D eigenvalue weighted by Crippen LogP contribution is -2.45. The first-order chi connectivity index (χ1) is 13.3. The highest BCUT2D eigenvalue weighted by atomic mass is 16.5. The first-order valence-electron chi connectivity index (χ1n) is 10.1. The van der Waals surface area contributed by atoms with Gasteiger partial charge in [-0.25, -0.2) is 0 Å². The third-order valence-corrected chi connectivity index (χ3v) is 4.80. The van der Waals surface area contributed by atoms with E-state index >= 15 is 0 Å². The van der Waals surface area contributed by atoms with Crippen molar-refractivity contribution in [2.45, 2.75) is 59.0 Å². The van der Waals surface area contributed by atoms with Crippen LogP contribution >= 0.6 is 0 Å². The van der Waals surface area contributed by atoms with Crippen LogP contribution < -0.4 is 0 Å². The molecule has 2 amide bonds. The van der Waals surface area contributed by atoms with Crippen molar-refractivity contribution >= 4 is 17.8 Å². The number of hydrogen-bond donors (Lipinski definition) is 0. The molecule has 28 heavy (non-hydrogen) atoms. The number of carbonyl (C=O) groups excluding carboxylic acids is 3. The molecule has 156 valence electrons. The van der Waals surface area contributed by atoms with Crippen molar-refractivity contribution in [1.29, 1.82) is 0 Å². The fraction of sp³-hybridized carbons (Fsp3) is 0.667. The molecular formula is C21H33N3O4. The van der Waals surface area contributed by atoms with Crippen LogP contribution in [0.2, 0.25) is 0 Å². The molecule has 1 aliphatic rings. The molecule has 1 fully saturated rings. The van der Waals surface area contributed by atoms with Gasteiger partial charge in [0.25, 0.3) is 0 Å². The van der Waals surface area contributed by atoms with Crippen LogP contribution in [0.5, 0.6) is 0 Å². The fourth-order valence-electron chi connectivity index (χ4n) is 3.19. The Hall–Kier alpha value is -2.31. The maximum absolute atomic E-state index is 13.0. The maximum atomic E-state index is 13.0. The highest BCUT2D eigenvalue weighted by Gasteiger charge is 2.34. The summed E-state index contributed by atoms with van der Waals surface area (Å²) in [6, 6.07) is 4.24. The summed E-state index contributed by atoms with van der Waals surface area (Å²) in [7, 11) is 1.97. The van der Waals surface area contributed by atoms with E-state index in [0.29, 0.717) is 19.7 Å². The lowest BCUT2D eigenvalue weighted by atomic mass is 10.2. The van der Waals surface area contributed by atoms with Gasteiger partial charge in [0.1, 0.15) is 0 Å². The number of nitrogens with zero attached hydrogens (tertiary/aromatic N) is 3. The van der Waals surface area contributed by atoms with Gasteiger partial charge in [-0.05, 0) is 37.8 Å². The largest absolute Gasteiger partial charge is 0.466 e. The Balaban J connectivity index is 2.00. The smallest absolute Gasteiger partial charge is 0.306 e. The van der Waals surface area contributed by atoms with Crippen molar-refractivity contribution in [2.75, 3.05) is 19.7 Å². The van der Waals surface area contributed by atoms with Crippen molar-refractivity contribution in [2.24, 2.45) is 13.0 Å². The number of esters is 1. The van der Waals surface area contributed by atoms with E-state index in [-0.39, 0.29) is 49.1 Å². The third kappa shape index (κ3) is 6.69. The number of carbonyl (C=O) groups is 3. The van der Waals surface area contributed by atoms with E-state index in [1.165, 1.54) is 0 Å². The summed E-state index contributed by atoms with van der Waals surface area (Å²) in [6.07, 6.45) is 4.11. The summed E-state index contributed by atoms with van der Waals surface area (Å²) in [5.41, 5.74) is 1.07. The Morgan fingerprint density at radius 2 is 1.93 bits per heavy atom. The predicted molar refractivity (Wildman–Crippen MR) is 106 cm³/mol. The second kappa shape index (κ2) is 10.3. The standard InChI is InChI=1S/C21H33N3O4/c1-5-28-21(27)11-10-19(25)23(13-16(2)3)15-20(26)24(17-8-9-17)14-18-7-6-12-22(18)4/h6-7,12,16-17H,5,8-11,13-15H2,1-4H3. The number of aryl methyl sites for hydroxylation is 1.